The molecule has 4 nitrogen and oxygen atoms in total. The van der Waals surface area contributed by atoms with Gasteiger partial charge in [0.2, 0.25) is 0 Å². The molecule has 0 radical (unpaired) electrons. The fourth-order valence-corrected chi connectivity index (χ4v) is 1.76. The zero-order valence-electron chi connectivity index (χ0n) is 7.12. The molecule has 0 saturated heterocycles. The fraction of sp³-hybridized carbons (Fsp3) is 0.111. The average Bonchev–Trinajstić information content (AvgIpc) is 2.16. The molecule has 1 aromatic carbocycles. The first-order chi connectivity index (χ1) is 6.61. The van der Waals surface area contributed by atoms with E-state index in [1.165, 1.54) is 6.07 Å². The molecule has 0 spiro atoms. The number of carbonyl (C=O) groups is 1. The molecule has 5 heteroatoms. The van der Waals surface area contributed by atoms with Crippen molar-refractivity contribution in [1.82, 2.24) is 0 Å². The molecule has 3 N–H and O–H groups in total. The lowest BCUT2D eigenvalue weighted by atomic mass is 10.0. The van der Waals surface area contributed by atoms with E-state index in [4.69, 9.17) is 16.1 Å². The van der Waals surface area contributed by atoms with Crippen molar-refractivity contribution in [3.05, 3.63) is 33.3 Å². The van der Waals surface area contributed by atoms with Gasteiger partial charge in [-0.2, -0.15) is 5.26 Å². The van der Waals surface area contributed by atoms with Gasteiger partial charge in [-0.1, -0.05) is 6.07 Å². The lowest BCUT2D eigenvalue weighted by Crippen LogP contribution is -2.06. The number of benzene rings is 1. The smallest absolute Gasteiger partial charge is 0.338 e. The van der Waals surface area contributed by atoms with E-state index in [-0.39, 0.29) is 17.7 Å². The summed E-state index contributed by atoms with van der Waals surface area (Å²) in [5.41, 5.74) is 6.17. The molecule has 0 aromatic heterocycles. The van der Waals surface area contributed by atoms with E-state index in [2.05, 4.69) is 15.9 Å². The number of hydrogen-bond donors (Lipinski definition) is 2. The van der Waals surface area contributed by atoms with Gasteiger partial charge in [-0.15, -0.1) is 0 Å². The van der Waals surface area contributed by atoms with Crippen LogP contribution in [0.2, 0.25) is 0 Å². The Bertz CT molecular complexity index is 424. The summed E-state index contributed by atoms with van der Waals surface area (Å²) in [6.07, 6.45) is 0. The Hall–Kier alpha value is -1.38. The average molecular weight is 255 g/mol. The topological polar surface area (TPSA) is 87.1 Å². The molecule has 1 aromatic rings. The summed E-state index contributed by atoms with van der Waals surface area (Å²) in [6.45, 7) is 0.229. The Morgan fingerprint density at radius 2 is 2.29 bits per heavy atom. The van der Waals surface area contributed by atoms with Crippen molar-refractivity contribution < 1.29 is 9.90 Å². The number of nitrogens with zero attached hydrogens (tertiary/aromatic N) is 1. The number of aromatic carboxylic acids is 1. The highest BCUT2D eigenvalue weighted by Crippen LogP contribution is 2.24. The van der Waals surface area contributed by atoms with Gasteiger partial charge in [0, 0.05) is 11.0 Å². The van der Waals surface area contributed by atoms with Gasteiger partial charge in [0.1, 0.15) is 6.07 Å². The first kappa shape index (κ1) is 10.7. The summed E-state index contributed by atoms with van der Waals surface area (Å²) in [6, 6.07) is 4.91. The standard InChI is InChI=1S/C9H7BrN2O2/c10-8-6(4-12)2-1-5(3-11)7(8)9(13)14/h1-2H,4,12H2,(H,13,14). The van der Waals surface area contributed by atoms with Crippen LogP contribution >= 0.6 is 15.9 Å². The summed E-state index contributed by atoms with van der Waals surface area (Å²) in [5.74, 6) is -1.14. The second-order valence-electron chi connectivity index (χ2n) is 2.58. The molecular weight excluding hydrogens is 248 g/mol. The summed E-state index contributed by atoms with van der Waals surface area (Å²) >= 11 is 3.12. The van der Waals surface area contributed by atoms with Gasteiger partial charge in [0.05, 0.1) is 11.1 Å². The van der Waals surface area contributed by atoms with E-state index in [0.29, 0.717) is 10.0 Å². The fourth-order valence-electron chi connectivity index (χ4n) is 1.08. The van der Waals surface area contributed by atoms with Crippen LogP contribution < -0.4 is 5.73 Å². The lowest BCUT2D eigenvalue weighted by Gasteiger charge is -2.06. The van der Waals surface area contributed by atoms with E-state index in [1.807, 2.05) is 6.07 Å². The van der Waals surface area contributed by atoms with Gasteiger partial charge in [-0.3, -0.25) is 0 Å². The molecule has 1 rings (SSSR count). The van der Waals surface area contributed by atoms with E-state index in [0.717, 1.165) is 0 Å². The Morgan fingerprint density at radius 3 is 2.71 bits per heavy atom. The molecular formula is C9H7BrN2O2. The zero-order chi connectivity index (χ0) is 10.7. The molecule has 0 aliphatic carbocycles. The predicted molar refractivity (Wildman–Crippen MR) is 53.7 cm³/mol. The number of rotatable bonds is 2. The SMILES string of the molecule is N#Cc1ccc(CN)c(Br)c1C(=O)O. The maximum atomic E-state index is 10.8. The largest absolute Gasteiger partial charge is 0.478 e. The maximum Gasteiger partial charge on any atom is 0.338 e. The first-order valence-corrected chi connectivity index (χ1v) is 4.56. The number of hydrogen-bond acceptors (Lipinski definition) is 3. The number of nitriles is 1. The summed E-state index contributed by atoms with van der Waals surface area (Å²) in [7, 11) is 0. The molecule has 0 bridgehead atoms. The zero-order valence-corrected chi connectivity index (χ0v) is 8.71. The Labute approximate surface area is 89.1 Å². The Morgan fingerprint density at radius 1 is 1.64 bits per heavy atom. The number of carboxylic acids is 1. The monoisotopic (exact) mass is 254 g/mol. The van der Waals surface area contributed by atoms with Crippen LogP contribution in [0.25, 0.3) is 0 Å². The molecule has 0 atom stereocenters. The van der Waals surface area contributed by atoms with Crippen LogP contribution in [0.4, 0.5) is 0 Å². The second kappa shape index (κ2) is 4.22. The summed E-state index contributed by atoms with van der Waals surface area (Å²) < 4.78 is 0.381. The van der Waals surface area contributed by atoms with Crippen molar-refractivity contribution in [2.24, 2.45) is 5.73 Å². The Kier molecular flexibility index (Phi) is 3.23. The first-order valence-electron chi connectivity index (χ1n) is 3.76. The third-order valence-electron chi connectivity index (χ3n) is 1.78. The molecule has 0 saturated carbocycles. The van der Waals surface area contributed by atoms with Gasteiger partial charge in [-0.25, -0.2) is 4.79 Å². The molecule has 0 aliphatic heterocycles. The van der Waals surface area contributed by atoms with Gasteiger partial charge in [0.25, 0.3) is 0 Å². The van der Waals surface area contributed by atoms with Gasteiger partial charge < -0.3 is 10.8 Å². The summed E-state index contributed by atoms with van der Waals surface area (Å²) in [5, 5.41) is 17.6. The molecule has 0 aliphatic rings. The quantitative estimate of drug-likeness (QED) is 0.837. The molecule has 0 fully saturated rings. The number of nitrogens with two attached hydrogens (primary N) is 1. The van der Waals surface area contributed by atoms with Crippen LogP contribution in [0.3, 0.4) is 0 Å². The minimum atomic E-state index is -1.14. The third kappa shape index (κ3) is 1.76. The van der Waals surface area contributed by atoms with E-state index < -0.39 is 5.97 Å². The van der Waals surface area contributed by atoms with E-state index >= 15 is 0 Å². The molecule has 0 heterocycles. The molecule has 14 heavy (non-hydrogen) atoms. The number of carboxylic acid groups (broad SMARTS) is 1. The van der Waals surface area contributed by atoms with Crippen molar-refractivity contribution in [3.8, 4) is 6.07 Å². The van der Waals surface area contributed by atoms with Crippen molar-refractivity contribution in [2.75, 3.05) is 0 Å². The maximum absolute atomic E-state index is 10.8. The van der Waals surface area contributed by atoms with Crippen LogP contribution in [0.1, 0.15) is 21.5 Å². The van der Waals surface area contributed by atoms with Gasteiger partial charge in [-0.05, 0) is 27.6 Å². The second-order valence-corrected chi connectivity index (χ2v) is 3.38. The molecule has 0 amide bonds. The normalized spacial score (nSPS) is 9.50. The van der Waals surface area contributed by atoms with Crippen molar-refractivity contribution in [2.45, 2.75) is 6.54 Å². The lowest BCUT2D eigenvalue weighted by molar-refractivity contribution is 0.0695. The van der Waals surface area contributed by atoms with Crippen LogP contribution in [0.15, 0.2) is 16.6 Å². The van der Waals surface area contributed by atoms with Gasteiger partial charge in [0.15, 0.2) is 0 Å². The van der Waals surface area contributed by atoms with Crippen LogP contribution in [-0.2, 0) is 6.54 Å². The molecule has 0 unspecified atom stereocenters. The van der Waals surface area contributed by atoms with E-state index in [9.17, 15) is 4.79 Å². The highest BCUT2D eigenvalue weighted by molar-refractivity contribution is 9.10. The molecule has 72 valence electrons. The number of halogens is 1. The summed E-state index contributed by atoms with van der Waals surface area (Å²) in [4.78, 5) is 10.8. The Balaban J connectivity index is 3.49. The third-order valence-corrected chi connectivity index (χ3v) is 2.68. The van der Waals surface area contributed by atoms with Crippen molar-refractivity contribution in [1.29, 1.82) is 5.26 Å². The minimum absolute atomic E-state index is 0.0320. The van der Waals surface area contributed by atoms with Crippen LogP contribution in [0, 0.1) is 11.3 Å². The van der Waals surface area contributed by atoms with Crippen LogP contribution in [-0.4, -0.2) is 11.1 Å². The highest BCUT2D eigenvalue weighted by atomic mass is 79.9. The van der Waals surface area contributed by atoms with Crippen molar-refractivity contribution >= 4 is 21.9 Å². The predicted octanol–water partition coefficient (Wildman–Crippen LogP) is 1.48. The van der Waals surface area contributed by atoms with E-state index in [1.54, 1.807) is 6.07 Å². The van der Waals surface area contributed by atoms with Gasteiger partial charge >= 0.3 is 5.97 Å². The van der Waals surface area contributed by atoms with Crippen molar-refractivity contribution in [3.63, 3.8) is 0 Å². The minimum Gasteiger partial charge on any atom is -0.478 e. The highest BCUT2D eigenvalue weighted by Gasteiger charge is 2.16. The van der Waals surface area contributed by atoms with Crippen LogP contribution in [0.5, 0.6) is 0 Å².